The molecular formula is C12H12F3N. The van der Waals surface area contributed by atoms with E-state index in [1.54, 1.807) is 6.07 Å². The number of halogens is 3. The van der Waals surface area contributed by atoms with E-state index in [0.717, 1.165) is 12.6 Å². The highest BCUT2D eigenvalue weighted by Gasteiger charge is 2.32. The van der Waals surface area contributed by atoms with Crippen molar-refractivity contribution in [2.45, 2.75) is 13.1 Å². The maximum atomic E-state index is 12.5. The number of nitrogens with one attached hydrogen (secondary N) is 1. The molecule has 0 aliphatic carbocycles. The minimum absolute atomic E-state index is 0.0212. The van der Waals surface area contributed by atoms with Crippen LogP contribution < -0.4 is 5.32 Å². The second kappa shape index (κ2) is 5.57. The Balaban J connectivity index is 2.90. The molecule has 0 aromatic heterocycles. The van der Waals surface area contributed by atoms with Gasteiger partial charge in [0, 0.05) is 5.56 Å². The van der Waals surface area contributed by atoms with E-state index in [-0.39, 0.29) is 5.56 Å². The van der Waals surface area contributed by atoms with Crippen LogP contribution in [0, 0.1) is 11.8 Å². The molecule has 1 rings (SSSR count). The summed E-state index contributed by atoms with van der Waals surface area (Å²) in [6.45, 7) is 3.05. The van der Waals surface area contributed by atoms with Crippen molar-refractivity contribution in [3.05, 3.63) is 35.4 Å². The Hall–Kier alpha value is -1.47. The van der Waals surface area contributed by atoms with Crippen LogP contribution in [0.4, 0.5) is 13.2 Å². The van der Waals surface area contributed by atoms with Crippen LogP contribution in [-0.2, 0) is 6.18 Å². The van der Waals surface area contributed by atoms with Crippen molar-refractivity contribution >= 4 is 0 Å². The Labute approximate surface area is 92.7 Å². The Bertz CT molecular complexity index is 399. The molecule has 0 saturated heterocycles. The highest BCUT2D eigenvalue weighted by Crippen LogP contribution is 2.31. The second-order valence-corrected chi connectivity index (χ2v) is 3.13. The zero-order valence-electron chi connectivity index (χ0n) is 8.86. The van der Waals surface area contributed by atoms with Crippen LogP contribution in [0.3, 0.4) is 0 Å². The van der Waals surface area contributed by atoms with E-state index in [9.17, 15) is 13.2 Å². The summed E-state index contributed by atoms with van der Waals surface area (Å²) >= 11 is 0. The molecule has 1 N–H and O–H groups in total. The molecule has 0 saturated carbocycles. The maximum Gasteiger partial charge on any atom is 0.417 e. The van der Waals surface area contributed by atoms with Crippen LogP contribution in [0.2, 0.25) is 0 Å². The Morgan fingerprint density at radius 3 is 2.56 bits per heavy atom. The van der Waals surface area contributed by atoms with Crippen LogP contribution in [0.5, 0.6) is 0 Å². The smallest absolute Gasteiger partial charge is 0.306 e. The van der Waals surface area contributed by atoms with Gasteiger partial charge in [-0.1, -0.05) is 30.9 Å². The molecule has 16 heavy (non-hydrogen) atoms. The normalized spacial score (nSPS) is 10.8. The van der Waals surface area contributed by atoms with Gasteiger partial charge >= 0.3 is 6.18 Å². The van der Waals surface area contributed by atoms with Gasteiger partial charge in [-0.3, -0.25) is 0 Å². The van der Waals surface area contributed by atoms with Crippen LogP contribution in [0.15, 0.2) is 24.3 Å². The standard InChI is InChI=1S/C12H12F3N/c1-2-16-9-5-7-10-6-3-4-8-11(10)12(13,14)15/h3-4,6,8,16H,2,9H2,1H3. The molecule has 0 aliphatic heterocycles. The number of alkyl halides is 3. The van der Waals surface area contributed by atoms with E-state index in [0.29, 0.717) is 6.54 Å². The summed E-state index contributed by atoms with van der Waals surface area (Å²) in [4.78, 5) is 0. The first-order chi connectivity index (χ1) is 7.55. The molecule has 0 radical (unpaired) electrons. The average molecular weight is 227 g/mol. The molecule has 0 fully saturated rings. The third-order valence-electron chi connectivity index (χ3n) is 1.92. The molecular weight excluding hydrogens is 215 g/mol. The Morgan fingerprint density at radius 1 is 1.25 bits per heavy atom. The van der Waals surface area contributed by atoms with Crippen LogP contribution in [0.1, 0.15) is 18.1 Å². The van der Waals surface area contributed by atoms with Gasteiger partial charge < -0.3 is 5.32 Å². The predicted molar refractivity (Wildman–Crippen MR) is 56.9 cm³/mol. The fourth-order valence-corrected chi connectivity index (χ4v) is 1.17. The van der Waals surface area contributed by atoms with Crippen LogP contribution in [-0.4, -0.2) is 13.1 Å². The number of hydrogen-bond acceptors (Lipinski definition) is 1. The third kappa shape index (κ3) is 3.59. The maximum absolute atomic E-state index is 12.5. The van der Waals surface area contributed by atoms with Gasteiger partial charge in [0.2, 0.25) is 0 Å². The van der Waals surface area contributed by atoms with Crippen molar-refractivity contribution < 1.29 is 13.2 Å². The van der Waals surface area contributed by atoms with Gasteiger partial charge in [-0.2, -0.15) is 13.2 Å². The number of rotatable bonds is 2. The molecule has 0 atom stereocenters. The van der Waals surface area contributed by atoms with Crippen molar-refractivity contribution in [2.24, 2.45) is 0 Å². The van der Waals surface area contributed by atoms with E-state index >= 15 is 0 Å². The van der Waals surface area contributed by atoms with E-state index in [1.807, 2.05) is 6.92 Å². The largest absolute Gasteiger partial charge is 0.417 e. The number of hydrogen-bond donors (Lipinski definition) is 1. The zero-order valence-corrected chi connectivity index (χ0v) is 8.86. The first-order valence-electron chi connectivity index (χ1n) is 4.91. The van der Waals surface area contributed by atoms with E-state index in [2.05, 4.69) is 17.2 Å². The van der Waals surface area contributed by atoms with Gasteiger partial charge in [-0.25, -0.2) is 0 Å². The first kappa shape index (κ1) is 12.6. The van der Waals surface area contributed by atoms with Gasteiger partial charge in [0.05, 0.1) is 12.1 Å². The summed E-state index contributed by atoms with van der Waals surface area (Å²) in [7, 11) is 0. The molecule has 1 nitrogen and oxygen atoms in total. The molecule has 1 aromatic rings. The summed E-state index contributed by atoms with van der Waals surface area (Å²) in [6.07, 6.45) is -4.34. The fourth-order valence-electron chi connectivity index (χ4n) is 1.17. The quantitative estimate of drug-likeness (QED) is 0.605. The van der Waals surface area contributed by atoms with Crippen LogP contribution in [0.25, 0.3) is 0 Å². The average Bonchev–Trinajstić information content (AvgIpc) is 2.24. The van der Waals surface area contributed by atoms with E-state index in [4.69, 9.17) is 0 Å². The van der Waals surface area contributed by atoms with Gasteiger partial charge in [0.15, 0.2) is 0 Å². The van der Waals surface area contributed by atoms with Gasteiger partial charge in [-0.15, -0.1) is 0 Å². The monoisotopic (exact) mass is 227 g/mol. The second-order valence-electron chi connectivity index (χ2n) is 3.13. The summed E-state index contributed by atoms with van der Waals surface area (Å²) in [5.74, 6) is 5.18. The Kier molecular flexibility index (Phi) is 4.39. The van der Waals surface area contributed by atoms with Crippen molar-refractivity contribution in [3.8, 4) is 11.8 Å². The molecule has 86 valence electrons. The predicted octanol–water partition coefficient (Wildman–Crippen LogP) is 2.67. The number of benzene rings is 1. The Morgan fingerprint density at radius 2 is 1.94 bits per heavy atom. The highest BCUT2D eigenvalue weighted by molar-refractivity contribution is 5.42. The minimum Gasteiger partial charge on any atom is -0.306 e. The van der Waals surface area contributed by atoms with Crippen LogP contribution >= 0.6 is 0 Å². The molecule has 0 bridgehead atoms. The molecule has 0 aliphatic rings. The molecule has 1 aromatic carbocycles. The minimum atomic E-state index is -4.34. The van der Waals surface area contributed by atoms with Crippen molar-refractivity contribution in [1.29, 1.82) is 0 Å². The third-order valence-corrected chi connectivity index (χ3v) is 1.92. The van der Waals surface area contributed by atoms with Gasteiger partial charge in [0.1, 0.15) is 0 Å². The molecule has 4 heteroatoms. The molecule has 0 amide bonds. The van der Waals surface area contributed by atoms with Crippen molar-refractivity contribution in [1.82, 2.24) is 5.32 Å². The SMILES string of the molecule is CCNCC#Cc1ccccc1C(F)(F)F. The first-order valence-corrected chi connectivity index (χ1v) is 4.91. The summed E-state index contributed by atoms with van der Waals surface area (Å²) in [6, 6.07) is 5.32. The molecule has 0 heterocycles. The molecule has 0 spiro atoms. The van der Waals surface area contributed by atoms with Gasteiger partial charge in [0.25, 0.3) is 0 Å². The van der Waals surface area contributed by atoms with Crippen molar-refractivity contribution in [2.75, 3.05) is 13.1 Å². The lowest BCUT2D eigenvalue weighted by atomic mass is 10.1. The zero-order chi connectivity index (χ0) is 12.0. The summed E-state index contributed by atoms with van der Waals surface area (Å²) < 4.78 is 37.6. The highest BCUT2D eigenvalue weighted by atomic mass is 19.4. The van der Waals surface area contributed by atoms with E-state index < -0.39 is 11.7 Å². The van der Waals surface area contributed by atoms with Gasteiger partial charge in [-0.05, 0) is 18.7 Å². The summed E-state index contributed by atoms with van der Waals surface area (Å²) in [5.41, 5.74) is -0.660. The van der Waals surface area contributed by atoms with Crippen molar-refractivity contribution in [3.63, 3.8) is 0 Å². The molecule has 0 unspecified atom stereocenters. The lowest BCUT2D eigenvalue weighted by Crippen LogP contribution is -2.12. The lowest BCUT2D eigenvalue weighted by molar-refractivity contribution is -0.137. The van der Waals surface area contributed by atoms with E-state index in [1.165, 1.54) is 12.1 Å². The lowest BCUT2D eigenvalue weighted by Gasteiger charge is -2.08. The fraction of sp³-hybridized carbons (Fsp3) is 0.333. The summed E-state index contributed by atoms with van der Waals surface area (Å²) in [5, 5.41) is 2.92. The topological polar surface area (TPSA) is 12.0 Å².